The summed E-state index contributed by atoms with van der Waals surface area (Å²) in [5.41, 5.74) is 8.29. The van der Waals surface area contributed by atoms with E-state index in [-0.39, 0.29) is 4.70 Å². The predicted octanol–water partition coefficient (Wildman–Crippen LogP) is 4.85. The minimum Gasteiger partial charge on any atom is -1.00 e. The van der Waals surface area contributed by atoms with Crippen molar-refractivity contribution < 1.29 is 22.2 Å². The molecule has 0 spiro atoms. The zero-order valence-corrected chi connectivity index (χ0v) is 18.7. The van der Waals surface area contributed by atoms with E-state index in [4.69, 9.17) is 0 Å². The molecule has 0 atom stereocenters. The lowest BCUT2D eigenvalue weighted by molar-refractivity contribution is -0.572. The maximum Gasteiger partial charge on any atom is 0.762 e. The van der Waals surface area contributed by atoms with Gasteiger partial charge in [-0.05, 0) is 35.4 Å². The third-order valence-electron chi connectivity index (χ3n) is 5.33. The van der Waals surface area contributed by atoms with Crippen LogP contribution in [0.25, 0.3) is 39.3 Å². The van der Waals surface area contributed by atoms with Crippen LogP contribution < -0.4 is 9.27 Å². The molecule has 5 aromatic rings. The molecule has 4 aromatic carbocycles. The first-order valence-electron chi connectivity index (χ1n) is 10.9. The Balaban J connectivity index is 0.000000638. The van der Waals surface area contributed by atoms with Crippen molar-refractivity contribution >= 4 is 7.54 Å². The van der Waals surface area contributed by atoms with Crippen molar-refractivity contribution in [2.75, 3.05) is 0 Å². The fraction of sp³-hybridized carbons (Fsp3) is 0. The van der Waals surface area contributed by atoms with Crippen molar-refractivity contribution in [2.45, 2.75) is 0 Å². The molecule has 0 fully saturated rings. The van der Waals surface area contributed by atoms with Gasteiger partial charge in [0.2, 0.25) is 17.1 Å². The number of pyridine rings is 1. The average Bonchev–Trinajstić information content (AvgIpc) is 2.90. The lowest BCUT2D eigenvalue weighted by Gasteiger charge is -2.12. The molecule has 0 saturated carbocycles. The van der Waals surface area contributed by atoms with E-state index in [1.807, 2.05) is 0 Å². The zero-order chi connectivity index (χ0) is 23.8. The molecule has 0 radical (unpaired) electrons. The first-order valence-corrected chi connectivity index (χ1v) is 10.9. The summed E-state index contributed by atoms with van der Waals surface area (Å²) in [5, 5.41) is 0. The summed E-state index contributed by atoms with van der Waals surface area (Å²) >= 11 is 0. The van der Waals surface area contributed by atoms with Crippen molar-refractivity contribution in [3.63, 3.8) is 0 Å². The Morgan fingerprint density at radius 1 is 0.429 bits per heavy atom. The van der Waals surface area contributed by atoms with Crippen LogP contribution in [0, 0.1) is 0 Å². The zero-order valence-electron chi connectivity index (χ0n) is 18.7. The molecule has 0 aliphatic carbocycles. The highest BCUT2D eigenvalue weighted by Crippen LogP contribution is 2.30. The van der Waals surface area contributed by atoms with Crippen LogP contribution in [0.2, 0.25) is 0 Å². The van der Waals surface area contributed by atoms with Gasteiger partial charge in [-0.25, -0.2) is 0 Å². The largest absolute Gasteiger partial charge is 1.00 e. The van der Waals surface area contributed by atoms with Gasteiger partial charge in [0.25, 0.3) is 0 Å². The normalized spacial score (nSPS) is 9.91. The molecule has 1 aromatic heterocycles. The smallest absolute Gasteiger partial charge is 0.762 e. The molecule has 0 unspecified atom stereocenters. The van der Waals surface area contributed by atoms with Crippen molar-refractivity contribution in [1.82, 2.24) is 0 Å². The Kier molecular flexibility index (Phi) is 8.96. The van der Waals surface area contributed by atoms with Crippen molar-refractivity contribution in [1.29, 1.82) is 0 Å². The van der Waals surface area contributed by atoms with E-state index < -0.39 is 7.54 Å². The number of benzene rings is 4. The second-order valence-electron chi connectivity index (χ2n) is 7.53. The number of para-hydroxylation sites is 1. The monoisotopic (exact) mass is 471 g/mol. The van der Waals surface area contributed by atoms with Gasteiger partial charge in [0.15, 0.2) is 0 Å². The SMILES string of the molecule is FB(F)F.[F-].c1ccc(-c2cc(-c3ccccc3)[n+](-c3ccccc3)c(-c3ccccc3)c2)cc1. The molecule has 35 heavy (non-hydrogen) atoms. The Hall–Kier alpha value is -4.19. The van der Waals surface area contributed by atoms with Gasteiger partial charge in [0.1, 0.15) is 0 Å². The Morgan fingerprint density at radius 2 is 0.743 bits per heavy atom. The average molecular weight is 471 g/mol. The summed E-state index contributed by atoms with van der Waals surface area (Å²) in [4.78, 5) is 0. The van der Waals surface area contributed by atoms with E-state index in [1.54, 1.807) is 0 Å². The minimum absolute atomic E-state index is 0. The Bertz CT molecular complexity index is 1250. The summed E-state index contributed by atoms with van der Waals surface area (Å²) in [5.74, 6) is 0. The highest BCUT2D eigenvalue weighted by molar-refractivity contribution is 6.33. The van der Waals surface area contributed by atoms with E-state index in [0.29, 0.717) is 0 Å². The van der Waals surface area contributed by atoms with Crippen molar-refractivity contribution in [3.8, 4) is 39.3 Å². The molecular weight excluding hydrogens is 449 g/mol. The van der Waals surface area contributed by atoms with Gasteiger partial charge in [-0.3, -0.25) is 12.9 Å². The van der Waals surface area contributed by atoms with Crippen LogP contribution in [0.1, 0.15) is 0 Å². The number of rotatable bonds is 4. The summed E-state index contributed by atoms with van der Waals surface area (Å²) < 4.78 is 31.4. The van der Waals surface area contributed by atoms with Crippen molar-refractivity contribution in [2.24, 2.45) is 0 Å². The van der Waals surface area contributed by atoms with Crippen LogP contribution in [-0.4, -0.2) is 7.54 Å². The Labute approximate surface area is 202 Å². The summed E-state index contributed by atoms with van der Waals surface area (Å²) in [6.45, 7) is 0. The number of hydrogen-bond donors (Lipinski definition) is 0. The molecular formula is C29H22BF4N. The summed E-state index contributed by atoms with van der Waals surface area (Å²) in [6.07, 6.45) is 0. The van der Waals surface area contributed by atoms with Gasteiger partial charge in [-0.2, -0.15) is 4.57 Å². The van der Waals surface area contributed by atoms with Gasteiger partial charge in [-0.1, -0.05) is 84.9 Å². The molecule has 0 saturated heterocycles. The molecule has 0 aliphatic rings. The van der Waals surface area contributed by atoms with Crippen LogP contribution in [-0.2, 0) is 0 Å². The molecule has 174 valence electrons. The van der Waals surface area contributed by atoms with Gasteiger partial charge in [0, 0.05) is 35.4 Å². The highest BCUT2D eigenvalue weighted by atomic mass is 19.4. The maximum absolute atomic E-state index is 9.67. The van der Waals surface area contributed by atoms with E-state index in [1.165, 1.54) is 33.6 Å². The molecule has 5 rings (SSSR count). The maximum atomic E-state index is 9.67. The standard InChI is InChI=1S/C29H22N.BF3.FH/c1-5-13-23(14-6-1)26-21-28(24-15-7-2-8-16-24)30(27-19-11-4-12-20-27)29(22-26)25-17-9-3-10-18-25;2-1(3)4;/h1-22H;;1H/q+1;;/p-1. The van der Waals surface area contributed by atoms with Gasteiger partial charge < -0.3 is 4.70 Å². The first kappa shape index (κ1) is 25.4. The van der Waals surface area contributed by atoms with E-state index in [2.05, 4.69) is 138 Å². The lowest BCUT2D eigenvalue weighted by atomic mass is 9.98. The molecule has 6 heteroatoms. The van der Waals surface area contributed by atoms with Gasteiger partial charge in [0.05, 0.1) is 0 Å². The third kappa shape index (κ3) is 6.45. The molecule has 0 N–H and O–H groups in total. The second kappa shape index (κ2) is 12.3. The number of nitrogens with zero attached hydrogens (tertiary/aromatic N) is 1. The van der Waals surface area contributed by atoms with E-state index in [0.717, 1.165) is 5.69 Å². The van der Waals surface area contributed by atoms with Crippen LogP contribution in [0.15, 0.2) is 133 Å². The summed E-state index contributed by atoms with van der Waals surface area (Å²) in [7, 11) is -3.67. The quantitative estimate of drug-likeness (QED) is 0.201. The topological polar surface area (TPSA) is 3.88 Å². The first-order chi connectivity index (χ1) is 16.6. The molecule has 1 heterocycles. The van der Waals surface area contributed by atoms with Crippen LogP contribution >= 0.6 is 0 Å². The molecule has 0 aliphatic heterocycles. The van der Waals surface area contributed by atoms with Crippen LogP contribution in [0.4, 0.5) is 12.9 Å². The molecule has 0 amide bonds. The summed E-state index contributed by atoms with van der Waals surface area (Å²) in [6, 6.07) is 47.0. The van der Waals surface area contributed by atoms with Gasteiger partial charge in [-0.15, -0.1) is 0 Å². The number of hydrogen-bond acceptors (Lipinski definition) is 0. The molecule has 0 bridgehead atoms. The van der Waals surface area contributed by atoms with E-state index >= 15 is 0 Å². The molecule has 1 nitrogen and oxygen atoms in total. The number of halogens is 4. The third-order valence-corrected chi connectivity index (χ3v) is 5.33. The minimum atomic E-state index is -3.67. The van der Waals surface area contributed by atoms with Crippen LogP contribution in [0.5, 0.6) is 0 Å². The van der Waals surface area contributed by atoms with Crippen molar-refractivity contribution in [3.05, 3.63) is 133 Å². The number of aromatic nitrogens is 1. The van der Waals surface area contributed by atoms with Gasteiger partial charge >= 0.3 is 7.54 Å². The van der Waals surface area contributed by atoms with Crippen LogP contribution in [0.3, 0.4) is 0 Å². The second-order valence-corrected chi connectivity index (χ2v) is 7.53. The van der Waals surface area contributed by atoms with E-state index in [9.17, 15) is 12.9 Å². The fourth-order valence-corrected chi connectivity index (χ4v) is 3.89. The predicted molar refractivity (Wildman–Crippen MR) is 133 cm³/mol. The fourth-order valence-electron chi connectivity index (χ4n) is 3.89. The lowest BCUT2D eigenvalue weighted by Crippen LogP contribution is -3.00. The Morgan fingerprint density at radius 3 is 1.11 bits per heavy atom. The highest BCUT2D eigenvalue weighted by Gasteiger charge is 2.24.